The van der Waals surface area contributed by atoms with Crippen LogP contribution in [0, 0.1) is 5.92 Å². The molecule has 1 unspecified atom stereocenters. The zero-order valence-corrected chi connectivity index (χ0v) is 10.2. The summed E-state index contributed by atoms with van der Waals surface area (Å²) in [5.74, 6) is -0.470. The van der Waals surface area contributed by atoms with Crippen molar-refractivity contribution in [3.05, 3.63) is 29.8 Å². The number of carboxylic acids is 1. The summed E-state index contributed by atoms with van der Waals surface area (Å²) in [5.41, 5.74) is 0.682. The van der Waals surface area contributed by atoms with Crippen LogP contribution >= 0.6 is 0 Å². The van der Waals surface area contributed by atoms with Crippen LogP contribution in [-0.2, 0) is 0 Å². The number of anilines is 1. The maximum Gasteiger partial charge on any atom is 0.335 e. The predicted molar refractivity (Wildman–Crippen MR) is 67.8 cm³/mol. The van der Waals surface area contributed by atoms with Crippen molar-refractivity contribution in [1.29, 1.82) is 0 Å². The highest BCUT2D eigenvalue weighted by molar-refractivity contribution is 5.93. The number of hydrogen-bond acceptors (Lipinski definition) is 2. The Morgan fingerprint density at radius 1 is 1.44 bits per heavy atom. The summed E-state index contributed by atoms with van der Waals surface area (Å²) >= 11 is 0. The first-order valence-corrected chi connectivity index (χ1v) is 5.95. The van der Waals surface area contributed by atoms with E-state index in [1.807, 2.05) is 0 Å². The highest BCUT2D eigenvalue weighted by atomic mass is 16.4. The number of likely N-dealkylation sites (tertiary alicyclic amines) is 1. The molecule has 18 heavy (non-hydrogen) atoms. The molecule has 1 aliphatic rings. The number of rotatable bonds is 2. The largest absolute Gasteiger partial charge is 0.478 e. The molecule has 2 rings (SSSR count). The number of carbonyl (C=O) groups excluding carboxylic acids is 1. The number of carboxylic acid groups (broad SMARTS) is 1. The van der Waals surface area contributed by atoms with Gasteiger partial charge >= 0.3 is 12.0 Å². The molecule has 0 spiro atoms. The normalized spacial score (nSPS) is 18.7. The van der Waals surface area contributed by atoms with E-state index in [1.165, 1.54) is 12.1 Å². The predicted octanol–water partition coefficient (Wildman–Crippen LogP) is 2.26. The van der Waals surface area contributed by atoms with Gasteiger partial charge in [-0.2, -0.15) is 0 Å². The Hall–Kier alpha value is -2.04. The number of aromatic carboxylic acids is 1. The van der Waals surface area contributed by atoms with Gasteiger partial charge in [0, 0.05) is 18.8 Å². The second-order valence-corrected chi connectivity index (χ2v) is 4.66. The number of hydrogen-bond donors (Lipinski definition) is 2. The Kier molecular flexibility index (Phi) is 3.50. The number of carbonyl (C=O) groups is 2. The molecule has 1 saturated heterocycles. The second-order valence-electron chi connectivity index (χ2n) is 4.66. The fourth-order valence-corrected chi connectivity index (χ4v) is 2.05. The summed E-state index contributed by atoms with van der Waals surface area (Å²) < 4.78 is 0. The van der Waals surface area contributed by atoms with Crippen molar-refractivity contribution >= 4 is 17.7 Å². The molecule has 0 bridgehead atoms. The minimum Gasteiger partial charge on any atom is -0.478 e. The highest BCUT2D eigenvalue weighted by Crippen LogP contribution is 2.17. The standard InChI is InChI=1S/C13H16N2O3/c1-9-5-6-15(8-9)13(18)14-11-4-2-3-10(7-11)12(16)17/h2-4,7,9H,5-6,8H2,1H3,(H,14,18)(H,16,17). The summed E-state index contributed by atoms with van der Waals surface area (Å²) in [4.78, 5) is 24.5. The lowest BCUT2D eigenvalue weighted by molar-refractivity contribution is 0.0697. The van der Waals surface area contributed by atoms with Crippen LogP contribution in [0.15, 0.2) is 24.3 Å². The van der Waals surface area contributed by atoms with Crippen molar-refractivity contribution in [1.82, 2.24) is 4.90 Å². The van der Waals surface area contributed by atoms with Crippen LogP contribution < -0.4 is 5.32 Å². The molecule has 1 aliphatic heterocycles. The van der Waals surface area contributed by atoms with Crippen molar-refractivity contribution in [3.8, 4) is 0 Å². The Bertz CT molecular complexity index is 473. The third-order valence-corrected chi connectivity index (χ3v) is 3.07. The van der Waals surface area contributed by atoms with Crippen LogP contribution in [0.4, 0.5) is 10.5 Å². The zero-order valence-electron chi connectivity index (χ0n) is 10.2. The third-order valence-electron chi connectivity index (χ3n) is 3.07. The number of urea groups is 1. The molecule has 1 fully saturated rings. The Morgan fingerprint density at radius 3 is 2.83 bits per heavy atom. The minimum atomic E-state index is -0.999. The number of nitrogens with zero attached hydrogens (tertiary/aromatic N) is 1. The summed E-state index contributed by atoms with van der Waals surface area (Å²) in [6.45, 7) is 3.62. The van der Waals surface area contributed by atoms with Gasteiger partial charge in [0.05, 0.1) is 5.56 Å². The molecule has 96 valence electrons. The molecule has 1 heterocycles. The fourth-order valence-electron chi connectivity index (χ4n) is 2.05. The number of amides is 2. The molecule has 2 amide bonds. The van der Waals surface area contributed by atoms with Crippen molar-refractivity contribution in [3.63, 3.8) is 0 Å². The molecule has 5 heteroatoms. The molecule has 2 N–H and O–H groups in total. The Morgan fingerprint density at radius 2 is 2.22 bits per heavy atom. The molecule has 5 nitrogen and oxygen atoms in total. The van der Waals surface area contributed by atoms with E-state index in [0.29, 0.717) is 11.6 Å². The average molecular weight is 248 g/mol. The first-order chi connectivity index (χ1) is 8.56. The van der Waals surface area contributed by atoms with E-state index in [4.69, 9.17) is 5.11 Å². The molecule has 0 aromatic heterocycles. The Balaban J connectivity index is 2.03. The fraction of sp³-hybridized carbons (Fsp3) is 0.385. The molecular weight excluding hydrogens is 232 g/mol. The summed E-state index contributed by atoms with van der Waals surface area (Å²) in [6.07, 6.45) is 1.02. The van der Waals surface area contributed by atoms with Gasteiger partial charge in [-0.05, 0) is 30.5 Å². The van der Waals surface area contributed by atoms with Gasteiger partial charge in [0.25, 0.3) is 0 Å². The van der Waals surface area contributed by atoms with Crippen molar-refractivity contribution in [2.45, 2.75) is 13.3 Å². The van der Waals surface area contributed by atoms with E-state index in [1.54, 1.807) is 17.0 Å². The van der Waals surface area contributed by atoms with Crippen molar-refractivity contribution in [2.75, 3.05) is 18.4 Å². The van der Waals surface area contributed by atoms with Crippen LogP contribution in [-0.4, -0.2) is 35.1 Å². The molecular formula is C13H16N2O3. The lowest BCUT2D eigenvalue weighted by Crippen LogP contribution is -2.32. The summed E-state index contributed by atoms with van der Waals surface area (Å²) in [5, 5.41) is 11.6. The average Bonchev–Trinajstić information content (AvgIpc) is 2.76. The first kappa shape index (κ1) is 12.4. The van der Waals surface area contributed by atoms with Gasteiger partial charge in [-0.25, -0.2) is 9.59 Å². The molecule has 0 saturated carbocycles. The van der Waals surface area contributed by atoms with E-state index >= 15 is 0 Å². The molecule has 0 radical (unpaired) electrons. The summed E-state index contributed by atoms with van der Waals surface area (Å²) in [6, 6.07) is 6.09. The van der Waals surface area contributed by atoms with Crippen LogP contribution in [0.3, 0.4) is 0 Å². The maximum atomic E-state index is 11.9. The van der Waals surface area contributed by atoms with E-state index in [9.17, 15) is 9.59 Å². The van der Waals surface area contributed by atoms with E-state index in [0.717, 1.165) is 19.5 Å². The van der Waals surface area contributed by atoms with Gasteiger partial charge in [-0.15, -0.1) is 0 Å². The van der Waals surface area contributed by atoms with Crippen LogP contribution in [0.25, 0.3) is 0 Å². The van der Waals surface area contributed by atoms with Crippen LogP contribution in [0.5, 0.6) is 0 Å². The van der Waals surface area contributed by atoms with E-state index in [2.05, 4.69) is 12.2 Å². The quantitative estimate of drug-likeness (QED) is 0.843. The lowest BCUT2D eigenvalue weighted by atomic mass is 10.2. The summed E-state index contributed by atoms with van der Waals surface area (Å²) in [7, 11) is 0. The van der Waals surface area contributed by atoms with Crippen molar-refractivity contribution < 1.29 is 14.7 Å². The van der Waals surface area contributed by atoms with Gasteiger partial charge in [-0.3, -0.25) is 0 Å². The SMILES string of the molecule is CC1CCN(C(=O)Nc2cccc(C(=O)O)c2)C1. The highest BCUT2D eigenvalue weighted by Gasteiger charge is 2.23. The van der Waals surface area contributed by atoms with Gasteiger partial charge in [-0.1, -0.05) is 13.0 Å². The number of benzene rings is 1. The topological polar surface area (TPSA) is 69.6 Å². The van der Waals surface area contributed by atoms with E-state index in [-0.39, 0.29) is 11.6 Å². The van der Waals surface area contributed by atoms with E-state index < -0.39 is 5.97 Å². The van der Waals surface area contributed by atoms with Crippen molar-refractivity contribution in [2.24, 2.45) is 5.92 Å². The smallest absolute Gasteiger partial charge is 0.335 e. The zero-order chi connectivity index (χ0) is 13.1. The van der Waals surface area contributed by atoms with Gasteiger partial charge < -0.3 is 15.3 Å². The monoisotopic (exact) mass is 248 g/mol. The van der Waals surface area contributed by atoms with Gasteiger partial charge in [0.15, 0.2) is 0 Å². The van der Waals surface area contributed by atoms with Crippen LogP contribution in [0.1, 0.15) is 23.7 Å². The van der Waals surface area contributed by atoms with Crippen LogP contribution in [0.2, 0.25) is 0 Å². The Labute approximate surface area is 105 Å². The molecule has 1 aromatic rings. The molecule has 1 atom stereocenters. The minimum absolute atomic E-state index is 0.165. The van der Waals surface area contributed by atoms with Gasteiger partial charge in [0.2, 0.25) is 0 Å². The third kappa shape index (κ3) is 2.80. The lowest BCUT2D eigenvalue weighted by Gasteiger charge is -2.16. The number of nitrogens with one attached hydrogen (secondary N) is 1. The second kappa shape index (κ2) is 5.08. The first-order valence-electron chi connectivity index (χ1n) is 5.95. The maximum absolute atomic E-state index is 11.9. The van der Waals surface area contributed by atoms with Gasteiger partial charge in [0.1, 0.15) is 0 Å². The molecule has 0 aliphatic carbocycles. The molecule has 1 aromatic carbocycles.